The second-order valence-electron chi connectivity index (χ2n) is 10.4. The number of hydrogen-bond acceptors (Lipinski definition) is 7. The lowest BCUT2D eigenvalue weighted by molar-refractivity contribution is -0.331. The van der Waals surface area contributed by atoms with Crippen molar-refractivity contribution in [2.75, 3.05) is 20.8 Å². The number of methoxy groups -OCH3 is 2. The van der Waals surface area contributed by atoms with Crippen molar-refractivity contribution < 1.29 is 28.4 Å². The number of hydrogen-bond donors (Lipinski definition) is 1. The Bertz CT molecular complexity index is 1090. The van der Waals surface area contributed by atoms with E-state index in [9.17, 15) is 0 Å². The Hall–Kier alpha value is -2.62. The van der Waals surface area contributed by atoms with Gasteiger partial charge in [0.15, 0.2) is 6.29 Å². The van der Waals surface area contributed by atoms with Crippen molar-refractivity contribution in [2.24, 2.45) is 5.73 Å². The van der Waals surface area contributed by atoms with E-state index in [0.29, 0.717) is 26.4 Å². The molecular formula is C34H45NO6. The molecule has 4 rings (SSSR count). The molecule has 2 N–H and O–H groups in total. The predicted molar refractivity (Wildman–Crippen MR) is 159 cm³/mol. The molecule has 0 amide bonds. The van der Waals surface area contributed by atoms with Crippen LogP contribution in [0.25, 0.3) is 0 Å². The fourth-order valence-electron chi connectivity index (χ4n) is 5.26. The minimum Gasteiger partial charge on any atom is -0.379 e. The van der Waals surface area contributed by atoms with Crippen LogP contribution in [0.15, 0.2) is 91.0 Å². The minimum atomic E-state index is -0.664. The lowest BCUT2D eigenvalue weighted by Crippen LogP contribution is -2.63. The van der Waals surface area contributed by atoms with Crippen molar-refractivity contribution in [1.82, 2.24) is 0 Å². The lowest BCUT2D eigenvalue weighted by atomic mass is 9.92. The highest BCUT2D eigenvalue weighted by atomic mass is 16.7. The van der Waals surface area contributed by atoms with Crippen LogP contribution in [0.1, 0.15) is 42.4 Å². The maximum Gasteiger partial charge on any atom is 0.186 e. The molecule has 7 nitrogen and oxygen atoms in total. The van der Waals surface area contributed by atoms with Gasteiger partial charge in [0.05, 0.1) is 25.9 Å². The van der Waals surface area contributed by atoms with E-state index in [1.165, 1.54) is 0 Å². The highest BCUT2D eigenvalue weighted by Gasteiger charge is 2.51. The van der Waals surface area contributed by atoms with Gasteiger partial charge in [0.1, 0.15) is 24.4 Å². The molecule has 0 aliphatic carbocycles. The summed E-state index contributed by atoms with van der Waals surface area (Å²) in [5, 5.41) is 0. The third-order valence-corrected chi connectivity index (χ3v) is 7.48. The average Bonchev–Trinajstić information content (AvgIpc) is 3.03. The van der Waals surface area contributed by atoms with Crippen molar-refractivity contribution in [2.45, 2.75) is 82.3 Å². The van der Waals surface area contributed by atoms with Gasteiger partial charge in [-0.3, -0.25) is 0 Å². The minimum absolute atomic E-state index is 0.218. The van der Waals surface area contributed by atoms with Crippen LogP contribution in [0.4, 0.5) is 0 Å². The first kappa shape index (κ1) is 31.3. The number of unbranched alkanes of at least 4 members (excludes halogenated alkanes) is 2. The van der Waals surface area contributed by atoms with E-state index in [-0.39, 0.29) is 6.10 Å². The van der Waals surface area contributed by atoms with E-state index < -0.39 is 30.7 Å². The molecule has 1 unspecified atom stereocenters. The van der Waals surface area contributed by atoms with Crippen LogP contribution in [0.3, 0.4) is 0 Å². The standard InChI is InChI=1S/C34H45NO6/c1-36-29(21-13-6-14-22-35)30-31(38-23-26-15-7-3-8-16-26)32(39-24-27-17-9-4-10-18-27)33(34(37-2)41-30)40-25-28-19-11-5-12-20-28/h3-5,7-12,15-20,29-34H,6,13-14,21-25,35H2,1-2H3/t29?,30-,31-,32+,33-,34+/m1/s1. The Kier molecular flexibility index (Phi) is 13.3. The molecule has 1 fully saturated rings. The molecule has 6 atom stereocenters. The number of ether oxygens (including phenoxy) is 6. The van der Waals surface area contributed by atoms with Gasteiger partial charge in [-0.25, -0.2) is 0 Å². The van der Waals surface area contributed by atoms with Gasteiger partial charge in [-0.1, -0.05) is 104 Å². The van der Waals surface area contributed by atoms with Crippen LogP contribution < -0.4 is 5.73 Å². The summed E-state index contributed by atoms with van der Waals surface area (Å²) in [6, 6.07) is 30.4. The van der Waals surface area contributed by atoms with Crippen LogP contribution in [-0.4, -0.2) is 57.6 Å². The van der Waals surface area contributed by atoms with Crippen molar-refractivity contribution in [3.8, 4) is 0 Å². The van der Waals surface area contributed by atoms with Crippen molar-refractivity contribution in [1.29, 1.82) is 0 Å². The summed E-state index contributed by atoms with van der Waals surface area (Å²) in [6.45, 7) is 1.88. The lowest BCUT2D eigenvalue weighted by Gasteiger charge is -2.47. The SMILES string of the molecule is COC(CCCCCN)[C@H]1O[C@H](OC)[C@H](OCc2ccccc2)[C@@H](OCc2ccccc2)[C@@H]1OCc1ccccc1. The summed E-state index contributed by atoms with van der Waals surface area (Å²) in [4.78, 5) is 0. The number of benzene rings is 3. The Morgan fingerprint density at radius 3 is 1.59 bits per heavy atom. The van der Waals surface area contributed by atoms with Crippen LogP contribution in [0.5, 0.6) is 0 Å². The van der Waals surface area contributed by atoms with E-state index in [4.69, 9.17) is 34.2 Å². The van der Waals surface area contributed by atoms with Gasteiger partial charge in [-0.15, -0.1) is 0 Å². The largest absolute Gasteiger partial charge is 0.379 e. The fraction of sp³-hybridized carbons (Fsp3) is 0.471. The van der Waals surface area contributed by atoms with Crippen LogP contribution in [0.2, 0.25) is 0 Å². The zero-order chi connectivity index (χ0) is 28.7. The molecule has 3 aromatic rings. The second-order valence-corrected chi connectivity index (χ2v) is 10.4. The van der Waals surface area contributed by atoms with Crippen molar-refractivity contribution in [3.05, 3.63) is 108 Å². The summed E-state index contributed by atoms with van der Waals surface area (Å²) in [5.74, 6) is 0. The summed E-state index contributed by atoms with van der Waals surface area (Å²) < 4.78 is 38.5. The number of nitrogens with two attached hydrogens (primary N) is 1. The topological polar surface area (TPSA) is 81.4 Å². The Morgan fingerprint density at radius 1 is 0.634 bits per heavy atom. The quantitative estimate of drug-likeness (QED) is 0.213. The first-order chi connectivity index (χ1) is 20.2. The summed E-state index contributed by atoms with van der Waals surface area (Å²) >= 11 is 0. The van der Waals surface area contributed by atoms with Gasteiger partial charge in [0.25, 0.3) is 0 Å². The molecule has 0 spiro atoms. The molecule has 0 bridgehead atoms. The molecule has 1 saturated heterocycles. The molecule has 222 valence electrons. The monoisotopic (exact) mass is 563 g/mol. The van der Waals surface area contributed by atoms with Crippen LogP contribution >= 0.6 is 0 Å². The average molecular weight is 564 g/mol. The molecule has 0 radical (unpaired) electrons. The third-order valence-electron chi connectivity index (χ3n) is 7.48. The Balaban J connectivity index is 1.62. The highest BCUT2D eigenvalue weighted by Crippen LogP contribution is 2.34. The van der Waals surface area contributed by atoms with E-state index in [1.807, 2.05) is 66.7 Å². The molecule has 1 aliphatic heterocycles. The fourth-order valence-corrected chi connectivity index (χ4v) is 5.26. The molecule has 0 saturated carbocycles. The van der Waals surface area contributed by atoms with Gasteiger partial charge in [0, 0.05) is 14.2 Å². The first-order valence-electron chi connectivity index (χ1n) is 14.6. The van der Waals surface area contributed by atoms with Crippen LogP contribution in [-0.2, 0) is 48.2 Å². The zero-order valence-corrected chi connectivity index (χ0v) is 24.3. The maximum absolute atomic E-state index is 6.69. The second kappa shape index (κ2) is 17.4. The van der Waals surface area contributed by atoms with Gasteiger partial charge in [-0.05, 0) is 36.1 Å². The Morgan fingerprint density at radius 2 is 1.12 bits per heavy atom. The molecular weight excluding hydrogens is 518 g/mol. The molecule has 0 aromatic heterocycles. The maximum atomic E-state index is 6.69. The van der Waals surface area contributed by atoms with E-state index >= 15 is 0 Å². The number of rotatable bonds is 17. The van der Waals surface area contributed by atoms with E-state index in [1.54, 1.807) is 14.2 Å². The predicted octanol–water partition coefficient (Wildman–Crippen LogP) is 5.65. The summed E-state index contributed by atoms with van der Waals surface area (Å²) in [5.41, 5.74) is 8.93. The molecule has 7 heteroatoms. The Labute approximate surface area is 244 Å². The van der Waals surface area contributed by atoms with Gasteiger partial charge >= 0.3 is 0 Å². The smallest absolute Gasteiger partial charge is 0.186 e. The van der Waals surface area contributed by atoms with E-state index in [0.717, 1.165) is 42.4 Å². The van der Waals surface area contributed by atoms with Crippen molar-refractivity contribution in [3.63, 3.8) is 0 Å². The normalized spacial score (nSPS) is 23.3. The zero-order valence-electron chi connectivity index (χ0n) is 24.3. The molecule has 41 heavy (non-hydrogen) atoms. The first-order valence-corrected chi connectivity index (χ1v) is 14.6. The third kappa shape index (κ3) is 9.45. The molecule has 1 aliphatic rings. The molecule has 1 heterocycles. The van der Waals surface area contributed by atoms with Gasteiger partial charge in [0.2, 0.25) is 0 Å². The highest BCUT2D eigenvalue weighted by molar-refractivity contribution is 5.16. The van der Waals surface area contributed by atoms with E-state index in [2.05, 4.69) is 24.3 Å². The summed E-state index contributed by atoms with van der Waals surface area (Å²) in [7, 11) is 3.37. The van der Waals surface area contributed by atoms with Crippen molar-refractivity contribution >= 4 is 0 Å². The van der Waals surface area contributed by atoms with Gasteiger partial charge < -0.3 is 34.2 Å². The molecule has 3 aromatic carbocycles. The summed E-state index contributed by atoms with van der Waals surface area (Å²) in [6.07, 6.45) is 1.01. The van der Waals surface area contributed by atoms with Crippen LogP contribution in [0, 0.1) is 0 Å². The van der Waals surface area contributed by atoms with Gasteiger partial charge in [-0.2, -0.15) is 0 Å².